The Bertz CT molecular complexity index is 1590. The summed E-state index contributed by atoms with van der Waals surface area (Å²) in [5.74, 6) is -4.24. The molecule has 380 valence electrons. The van der Waals surface area contributed by atoms with Crippen molar-refractivity contribution in [3.05, 3.63) is 29.8 Å². The van der Waals surface area contributed by atoms with Gasteiger partial charge in [0.2, 0.25) is 17.7 Å². The fraction of sp³-hybridized carbons (Fsp3) is 0.702. The molecular weight excluding hydrogens is 877 g/mol. The molecule has 20 heteroatoms. The monoisotopic (exact) mass is 953 g/mol. The highest BCUT2D eigenvalue weighted by atomic mass is 16.5. The van der Waals surface area contributed by atoms with Crippen LogP contribution < -0.4 is 26.0 Å². The Morgan fingerprint density at radius 3 is 1.79 bits per heavy atom. The number of ether oxygens (including phenoxy) is 5. The highest BCUT2D eigenvalue weighted by Crippen LogP contribution is 2.17. The normalized spacial score (nSPS) is 12.4. The van der Waals surface area contributed by atoms with Crippen molar-refractivity contribution in [2.45, 2.75) is 128 Å². The van der Waals surface area contributed by atoms with Crippen LogP contribution in [-0.2, 0) is 52.5 Å². The molecule has 0 fully saturated rings. The maximum atomic E-state index is 12.3. The van der Waals surface area contributed by atoms with Gasteiger partial charge >= 0.3 is 17.9 Å². The molecule has 0 unspecified atom stereocenters. The minimum atomic E-state index is -1.20. The number of carbonyl (C=O) groups is 8. The zero-order valence-corrected chi connectivity index (χ0v) is 39.5. The number of hydrogen-bond acceptors (Lipinski definition) is 14. The fourth-order valence-corrected chi connectivity index (χ4v) is 6.64. The molecule has 20 nitrogen and oxygen atoms in total. The number of ketones is 2. The summed E-state index contributed by atoms with van der Waals surface area (Å²) < 4.78 is 27.1. The van der Waals surface area contributed by atoms with E-state index >= 15 is 0 Å². The first-order valence-corrected chi connectivity index (χ1v) is 23.5. The van der Waals surface area contributed by atoms with Gasteiger partial charge in [0.15, 0.2) is 0 Å². The lowest BCUT2D eigenvalue weighted by Crippen LogP contribution is -2.41. The zero-order valence-electron chi connectivity index (χ0n) is 39.5. The van der Waals surface area contributed by atoms with Gasteiger partial charge in [-0.3, -0.25) is 28.8 Å². The van der Waals surface area contributed by atoms with E-state index in [1.165, 1.54) is 12.1 Å². The lowest BCUT2D eigenvalue weighted by Gasteiger charge is -2.16. The summed E-state index contributed by atoms with van der Waals surface area (Å²) in [7, 11) is 1.73. The largest absolute Gasteiger partial charge is 0.494 e. The van der Waals surface area contributed by atoms with Crippen molar-refractivity contribution < 1.29 is 77.4 Å². The lowest BCUT2D eigenvalue weighted by molar-refractivity contribution is -0.143. The average Bonchev–Trinajstić information content (AvgIpc) is 3.30. The number of Topliss-reactive ketones (excluding diaryl/α,β-unsaturated/α-hetero) is 2. The minimum absolute atomic E-state index is 0.00572. The molecule has 67 heavy (non-hydrogen) atoms. The second kappa shape index (κ2) is 39.0. The molecule has 3 atom stereocenters. The van der Waals surface area contributed by atoms with Gasteiger partial charge in [0.1, 0.15) is 36.6 Å². The molecular formula is C47H76N4O16. The van der Waals surface area contributed by atoms with Gasteiger partial charge in [-0.05, 0) is 82.7 Å². The molecule has 0 aliphatic rings. The highest BCUT2D eigenvalue weighted by Gasteiger charge is 2.22. The van der Waals surface area contributed by atoms with Crippen molar-refractivity contribution in [1.29, 1.82) is 0 Å². The summed E-state index contributed by atoms with van der Waals surface area (Å²) >= 11 is 0. The smallest absolute Gasteiger partial charge is 0.335 e. The third-order valence-electron chi connectivity index (χ3n) is 10.5. The Morgan fingerprint density at radius 1 is 0.537 bits per heavy atom. The number of benzene rings is 1. The molecule has 1 rings (SSSR count). The van der Waals surface area contributed by atoms with E-state index in [0.29, 0.717) is 57.4 Å². The summed E-state index contributed by atoms with van der Waals surface area (Å²) in [6.45, 7) is 4.07. The molecule has 0 bridgehead atoms. The van der Waals surface area contributed by atoms with Crippen LogP contribution in [0.1, 0.15) is 126 Å². The third kappa shape index (κ3) is 32.3. The molecule has 0 aromatic heterocycles. The number of unbranched alkanes of at least 4 members (excludes halogenated alkanes) is 5. The second-order valence-corrected chi connectivity index (χ2v) is 16.0. The SMILES string of the molecule is CCC[C@H](NC)C(=O)CC[C@@H](CCCCNC(=O)COCCOCCNC(=O)COCCOCCCC(=O)CC[C@H](NC(=O)CCCCCCCOc1ccc(C(=O)O)cc1)C(=O)O)C(=O)O. The Hall–Kier alpha value is -5.02. The average molecular weight is 953 g/mol. The van der Waals surface area contributed by atoms with Crippen molar-refractivity contribution in [3.8, 4) is 5.75 Å². The molecule has 0 heterocycles. The number of amides is 3. The van der Waals surface area contributed by atoms with Gasteiger partial charge in [-0.15, -0.1) is 0 Å². The molecule has 7 N–H and O–H groups in total. The van der Waals surface area contributed by atoms with Gasteiger partial charge in [-0.2, -0.15) is 0 Å². The van der Waals surface area contributed by atoms with E-state index in [2.05, 4.69) is 21.3 Å². The first-order chi connectivity index (χ1) is 32.3. The van der Waals surface area contributed by atoms with Crippen LogP contribution in [0.3, 0.4) is 0 Å². The van der Waals surface area contributed by atoms with E-state index in [4.69, 9.17) is 28.8 Å². The van der Waals surface area contributed by atoms with Crippen molar-refractivity contribution in [2.24, 2.45) is 5.92 Å². The lowest BCUT2D eigenvalue weighted by atomic mass is 9.93. The molecule has 0 radical (unpaired) electrons. The van der Waals surface area contributed by atoms with Crippen LogP contribution in [0.5, 0.6) is 5.75 Å². The summed E-state index contributed by atoms with van der Waals surface area (Å²) in [5, 5.41) is 38.9. The van der Waals surface area contributed by atoms with Crippen LogP contribution in [0.4, 0.5) is 0 Å². The highest BCUT2D eigenvalue weighted by molar-refractivity contribution is 5.88. The molecule has 1 aromatic carbocycles. The maximum absolute atomic E-state index is 12.3. The van der Waals surface area contributed by atoms with Crippen LogP contribution in [0, 0.1) is 5.92 Å². The quantitative estimate of drug-likeness (QED) is 0.0459. The van der Waals surface area contributed by atoms with E-state index in [0.717, 1.165) is 38.5 Å². The van der Waals surface area contributed by atoms with Gasteiger partial charge in [0.25, 0.3) is 0 Å². The van der Waals surface area contributed by atoms with Crippen LogP contribution in [-0.4, -0.2) is 154 Å². The minimum Gasteiger partial charge on any atom is -0.494 e. The number of carboxylic acid groups (broad SMARTS) is 3. The number of aliphatic carboxylic acids is 2. The Morgan fingerprint density at radius 2 is 1.16 bits per heavy atom. The van der Waals surface area contributed by atoms with E-state index in [9.17, 15) is 48.6 Å². The summed E-state index contributed by atoms with van der Waals surface area (Å²) in [5.41, 5.74) is 0.192. The number of hydrogen-bond donors (Lipinski definition) is 7. The topological polar surface area (TPSA) is 292 Å². The van der Waals surface area contributed by atoms with Crippen LogP contribution in [0.2, 0.25) is 0 Å². The number of carboxylic acids is 3. The first-order valence-electron chi connectivity index (χ1n) is 23.5. The number of carbonyl (C=O) groups excluding carboxylic acids is 5. The fourth-order valence-electron chi connectivity index (χ4n) is 6.64. The maximum Gasteiger partial charge on any atom is 0.335 e. The number of nitrogens with one attached hydrogen (secondary N) is 4. The molecule has 3 amide bonds. The molecule has 0 aliphatic carbocycles. The molecule has 0 saturated heterocycles. The summed E-state index contributed by atoms with van der Waals surface area (Å²) in [4.78, 5) is 95.2. The van der Waals surface area contributed by atoms with E-state index in [-0.39, 0.29) is 132 Å². The van der Waals surface area contributed by atoms with E-state index < -0.39 is 29.9 Å². The number of likely N-dealkylation sites (N-methyl/N-ethyl adjacent to an activating group) is 1. The van der Waals surface area contributed by atoms with Crippen molar-refractivity contribution >= 4 is 47.2 Å². The Balaban J connectivity index is 1.97. The van der Waals surface area contributed by atoms with Gasteiger partial charge < -0.3 is 60.3 Å². The second-order valence-electron chi connectivity index (χ2n) is 16.0. The standard InChI is InChI=1S/C47H76N4O16/c1-3-12-39(48-2)41(53)23-18-35(45(57)58)13-8-9-24-49-43(55)33-66-32-30-64-28-25-50-44(56)34-65-31-29-63-26-11-14-37(52)19-22-40(47(61)62)51-42(54)15-7-5-4-6-10-27-67-38-20-16-36(17-21-38)46(59)60/h16-17,20-21,35,39-40,48H,3-15,18-19,22-34H2,1-2H3,(H,49,55)(H,50,56)(H,51,54)(H,57,58)(H,59,60)(H,61,62)/t35-,39+,40+/m1/s1. The van der Waals surface area contributed by atoms with Crippen LogP contribution in [0.15, 0.2) is 24.3 Å². The third-order valence-corrected chi connectivity index (χ3v) is 10.5. The summed E-state index contributed by atoms with van der Waals surface area (Å²) in [6.07, 6.45) is 8.48. The van der Waals surface area contributed by atoms with Crippen molar-refractivity contribution in [3.63, 3.8) is 0 Å². The van der Waals surface area contributed by atoms with Crippen molar-refractivity contribution in [1.82, 2.24) is 21.3 Å². The van der Waals surface area contributed by atoms with Crippen LogP contribution in [0.25, 0.3) is 0 Å². The Labute approximate surface area is 394 Å². The van der Waals surface area contributed by atoms with Gasteiger partial charge in [-0.25, -0.2) is 9.59 Å². The van der Waals surface area contributed by atoms with Crippen LogP contribution >= 0.6 is 0 Å². The zero-order chi connectivity index (χ0) is 49.5. The van der Waals surface area contributed by atoms with Gasteiger partial charge in [-0.1, -0.05) is 39.0 Å². The number of aromatic carboxylic acids is 1. The van der Waals surface area contributed by atoms with Crippen molar-refractivity contribution in [2.75, 3.05) is 79.6 Å². The summed E-state index contributed by atoms with van der Waals surface area (Å²) in [6, 6.07) is 4.79. The number of rotatable bonds is 45. The predicted octanol–water partition coefficient (Wildman–Crippen LogP) is 3.71. The first kappa shape index (κ1) is 60.0. The van der Waals surface area contributed by atoms with E-state index in [1.807, 2.05) is 6.92 Å². The van der Waals surface area contributed by atoms with E-state index in [1.54, 1.807) is 19.2 Å². The molecule has 0 spiro atoms. The predicted molar refractivity (Wildman–Crippen MR) is 246 cm³/mol. The molecule has 0 aliphatic heterocycles. The molecule has 0 saturated carbocycles. The van der Waals surface area contributed by atoms with Gasteiger partial charge in [0, 0.05) is 45.4 Å². The van der Waals surface area contributed by atoms with Gasteiger partial charge in [0.05, 0.1) is 57.2 Å². The molecule has 1 aromatic rings. The Kier molecular flexibility index (Phi) is 34.9.